The second-order valence-electron chi connectivity index (χ2n) is 6.53. The van der Waals surface area contributed by atoms with Crippen LogP contribution >= 0.6 is 11.8 Å². The highest BCUT2D eigenvalue weighted by molar-refractivity contribution is 7.99. The Morgan fingerprint density at radius 2 is 2.13 bits per heavy atom. The van der Waals surface area contributed by atoms with Crippen LogP contribution in [0.4, 0.5) is 0 Å². The van der Waals surface area contributed by atoms with Gasteiger partial charge in [-0.1, -0.05) is 12.1 Å². The number of ether oxygens (including phenoxy) is 1. The first-order valence-electron chi connectivity index (χ1n) is 8.37. The number of amides is 1. The molecule has 4 nitrogen and oxygen atoms in total. The average molecular weight is 334 g/mol. The molecule has 0 bridgehead atoms. The van der Waals surface area contributed by atoms with Gasteiger partial charge in [0.1, 0.15) is 5.75 Å². The van der Waals surface area contributed by atoms with Crippen molar-refractivity contribution in [1.82, 2.24) is 9.80 Å². The summed E-state index contributed by atoms with van der Waals surface area (Å²) in [6.45, 7) is 2.28. The molecule has 2 atom stereocenters. The number of nitrogens with zero attached hydrogens (tertiary/aromatic N) is 2. The average Bonchev–Trinajstić information content (AvgIpc) is 3.26. The van der Waals surface area contributed by atoms with E-state index in [0.29, 0.717) is 18.5 Å². The molecule has 0 aromatic heterocycles. The Balaban J connectivity index is 1.52. The summed E-state index contributed by atoms with van der Waals surface area (Å²) in [5.41, 5.74) is 1.31. The zero-order chi connectivity index (χ0) is 16.2. The van der Waals surface area contributed by atoms with Crippen LogP contribution in [0.15, 0.2) is 24.3 Å². The van der Waals surface area contributed by atoms with E-state index in [2.05, 4.69) is 24.1 Å². The fourth-order valence-corrected chi connectivity index (χ4v) is 4.75. The second kappa shape index (κ2) is 7.58. The molecule has 2 aliphatic heterocycles. The molecule has 23 heavy (non-hydrogen) atoms. The van der Waals surface area contributed by atoms with E-state index < -0.39 is 0 Å². The predicted octanol–water partition coefficient (Wildman–Crippen LogP) is 2.45. The lowest BCUT2D eigenvalue weighted by Crippen LogP contribution is -2.42. The number of benzene rings is 1. The standard InChI is InChI=1S/C18H26N2O2S/c1-19(16-8-10-23-13-16)12-18(21)20-9-7-15(11-20)14-3-5-17(22-2)6-4-14/h3-6,15-16H,7-13H2,1-2H3. The number of likely N-dealkylation sites (N-methyl/N-ethyl adjacent to an activating group) is 1. The van der Waals surface area contributed by atoms with Crippen molar-refractivity contribution in [1.29, 1.82) is 0 Å². The van der Waals surface area contributed by atoms with Crippen molar-refractivity contribution in [2.24, 2.45) is 0 Å². The van der Waals surface area contributed by atoms with E-state index in [0.717, 1.165) is 31.0 Å². The summed E-state index contributed by atoms with van der Waals surface area (Å²) in [6, 6.07) is 8.83. The quantitative estimate of drug-likeness (QED) is 0.828. The number of carbonyl (C=O) groups is 1. The van der Waals surface area contributed by atoms with Crippen LogP contribution in [0.5, 0.6) is 5.75 Å². The zero-order valence-corrected chi connectivity index (χ0v) is 14.8. The van der Waals surface area contributed by atoms with Crippen molar-refractivity contribution in [3.05, 3.63) is 29.8 Å². The number of hydrogen-bond donors (Lipinski definition) is 0. The van der Waals surface area contributed by atoms with Gasteiger partial charge >= 0.3 is 0 Å². The molecule has 126 valence electrons. The first kappa shape index (κ1) is 16.7. The minimum atomic E-state index is 0.278. The van der Waals surface area contributed by atoms with E-state index in [-0.39, 0.29) is 5.91 Å². The predicted molar refractivity (Wildman–Crippen MR) is 95.3 cm³/mol. The van der Waals surface area contributed by atoms with Crippen LogP contribution in [0.25, 0.3) is 0 Å². The molecule has 2 fully saturated rings. The summed E-state index contributed by atoms with van der Waals surface area (Å²) >= 11 is 1.99. The smallest absolute Gasteiger partial charge is 0.236 e. The number of methoxy groups -OCH3 is 1. The Hall–Kier alpha value is -1.20. The molecule has 2 heterocycles. The van der Waals surface area contributed by atoms with Gasteiger partial charge in [0.25, 0.3) is 0 Å². The Bertz CT molecular complexity index is 528. The third-order valence-corrected chi connectivity index (χ3v) is 6.19. The highest BCUT2D eigenvalue weighted by Gasteiger charge is 2.29. The van der Waals surface area contributed by atoms with Gasteiger partial charge < -0.3 is 9.64 Å². The van der Waals surface area contributed by atoms with Gasteiger partial charge in [-0.15, -0.1) is 0 Å². The van der Waals surface area contributed by atoms with E-state index in [1.165, 1.54) is 17.7 Å². The molecule has 2 unspecified atom stereocenters. The number of thioether (sulfide) groups is 1. The molecular formula is C18H26N2O2S. The molecule has 1 aromatic carbocycles. The highest BCUT2D eigenvalue weighted by Crippen LogP contribution is 2.29. The molecule has 0 spiro atoms. The van der Waals surface area contributed by atoms with Crippen LogP contribution in [0.3, 0.4) is 0 Å². The molecule has 0 saturated carbocycles. The zero-order valence-electron chi connectivity index (χ0n) is 14.0. The molecular weight excluding hydrogens is 308 g/mol. The van der Waals surface area contributed by atoms with Gasteiger partial charge in [0.2, 0.25) is 5.91 Å². The molecule has 0 radical (unpaired) electrons. The minimum absolute atomic E-state index is 0.278. The van der Waals surface area contributed by atoms with Crippen LogP contribution in [-0.2, 0) is 4.79 Å². The molecule has 3 rings (SSSR count). The fourth-order valence-electron chi connectivity index (χ4n) is 3.45. The van der Waals surface area contributed by atoms with Crippen molar-refractivity contribution < 1.29 is 9.53 Å². The first-order valence-corrected chi connectivity index (χ1v) is 9.52. The van der Waals surface area contributed by atoms with Crippen LogP contribution in [0.1, 0.15) is 24.3 Å². The van der Waals surface area contributed by atoms with Gasteiger partial charge in [0.05, 0.1) is 13.7 Å². The maximum atomic E-state index is 12.5. The van der Waals surface area contributed by atoms with E-state index in [9.17, 15) is 4.79 Å². The monoisotopic (exact) mass is 334 g/mol. The van der Waals surface area contributed by atoms with Gasteiger partial charge in [-0.2, -0.15) is 11.8 Å². The lowest BCUT2D eigenvalue weighted by molar-refractivity contribution is -0.131. The number of rotatable bonds is 5. The van der Waals surface area contributed by atoms with Gasteiger partial charge in [0, 0.05) is 30.8 Å². The SMILES string of the molecule is COc1ccc(C2CCN(C(=O)CN(C)C3CCSC3)C2)cc1. The summed E-state index contributed by atoms with van der Waals surface area (Å²) in [4.78, 5) is 16.8. The lowest BCUT2D eigenvalue weighted by atomic mass is 9.98. The third-order valence-electron chi connectivity index (χ3n) is 5.04. The van der Waals surface area contributed by atoms with Gasteiger partial charge in [-0.3, -0.25) is 9.69 Å². The van der Waals surface area contributed by atoms with Gasteiger partial charge in [-0.25, -0.2) is 0 Å². The third kappa shape index (κ3) is 4.01. The second-order valence-corrected chi connectivity index (χ2v) is 7.68. The highest BCUT2D eigenvalue weighted by atomic mass is 32.2. The summed E-state index contributed by atoms with van der Waals surface area (Å²) in [5.74, 6) is 4.01. The molecule has 2 saturated heterocycles. The Kier molecular flexibility index (Phi) is 5.49. The fraction of sp³-hybridized carbons (Fsp3) is 0.611. The molecule has 0 N–H and O–H groups in total. The van der Waals surface area contributed by atoms with Crippen molar-refractivity contribution >= 4 is 17.7 Å². The molecule has 0 aliphatic carbocycles. The van der Waals surface area contributed by atoms with Crippen molar-refractivity contribution in [3.63, 3.8) is 0 Å². The summed E-state index contributed by atoms with van der Waals surface area (Å²) in [6.07, 6.45) is 2.27. The number of likely N-dealkylation sites (tertiary alicyclic amines) is 1. The normalized spacial score (nSPS) is 24.4. The van der Waals surface area contributed by atoms with Crippen LogP contribution in [0.2, 0.25) is 0 Å². The molecule has 1 amide bonds. The summed E-state index contributed by atoms with van der Waals surface area (Å²) < 4.78 is 5.21. The van der Waals surface area contributed by atoms with E-state index in [1.807, 2.05) is 28.8 Å². The van der Waals surface area contributed by atoms with Crippen LogP contribution in [0, 0.1) is 0 Å². The van der Waals surface area contributed by atoms with E-state index in [1.54, 1.807) is 7.11 Å². The minimum Gasteiger partial charge on any atom is -0.497 e. The Morgan fingerprint density at radius 1 is 1.35 bits per heavy atom. The topological polar surface area (TPSA) is 32.8 Å². The van der Waals surface area contributed by atoms with Crippen molar-refractivity contribution in [2.45, 2.75) is 24.8 Å². The lowest BCUT2D eigenvalue weighted by Gasteiger charge is -2.25. The summed E-state index contributed by atoms with van der Waals surface area (Å²) in [5, 5.41) is 0. The maximum Gasteiger partial charge on any atom is 0.236 e. The molecule has 2 aliphatic rings. The van der Waals surface area contributed by atoms with E-state index in [4.69, 9.17) is 4.74 Å². The van der Waals surface area contributed by atoms with Gasteiger partial charge in [-0.05, 0) is 43.3 Å². The van der Waals surface area contributed by atoms with Crippen LogP contribution < -0.4 is 4.74 Å². The summed E-state index contributed by atoms with van der Waals surface area (Å²) in [7, 11) is 3.77. The van der Waals surface area contributed by atoms with Gasteiger partial charge in [0.15, 0.2) is 0 Å². The number of hydrogen-bond acceptors (Lipinski definition) is 4. The number of carbonyl (C=O) groups excluding carboxylic acids is 1. The van der Waals surface area contributed by atoms with Crippen molar-refractivity contribution in [3.8, 4) is 5.75 Å². The Labute approximate surface area is 143 Å². The largest absolute Gasteiger partial charge is 0.497 e. The Morgan fingerprint density at radius 3 is 2.78 bits per heavy atom. The van der Waals surface area contributed by atoms with Crippen molar-refractivity contribution in [2.75, 3.05) is 45.3 Å². The molecule has 5 heteroatoms. The van der Waals surface area contributed by atoms with E-state index >= 15 is 0 Å². The maximum absolute atomic E-state index is 12.5. The first-order chi connectivity index (χ1) is 11.2. The van der Waals surface area contributed by atoms with Crippen LogP contribution in [-0.4, -0.2) is 67.0 Å². The molecule has 1 aromatic rings.